The van der Waals surface area contributed by atoms with Gasteiger partial charge in [-0.2, -0.15) is 0 Å². The molecule has 1 amide bonds. The molecule has 2 fully saturated rings. The molecule has 1 aromatic carbocycles. The fourth-order valence-electron chi connectivity index (χ4n) is 4.14. The van der Waals surface area contributed by atoms with Crippen molar-refractivity contribution in [3.63, 3.8) is 0 Å². The van der Waals surface area contributed by atoms with E-state index in [0.717, 1.165) is 57.7 Å². The summed E-state index contributed by atoms with van der Waals surface area (Å²) >= 11 is 0. The third kappa shape index (κ3) is 4.69. The Morgan fingerprint density at radius 3 is 2.41 bits per heavy atom. The van der Waals surface area contributed by atoms with Crippen LogP contribution in [0.1, 0.15) is 43.0 Å². The predicted molar refractivity (Wildman–Crippen MR) is 114 cm³/mol. The van der Waals surface area contributed by atoms with Gasteiger partial charge in [0.05, 0.1) is 11.3 Å². The lowest BCUT2D eigenvalue weighted by Gasteiger charge is -2.34. The van der Waals surface area contributed by atoms with E-state index in [-0.39, 0.29) is 17.8 Å². The number of nitrogens with zero attached hydrogens (tertiary/aromatic N) is 3. The van der Waals surface area contributed by atoms with Crippen LogP contribution in [0.2, 0.25) is 0 Å². The number of benzene rings is 1. The van der Waals surface area contributed by atoms with Crippen LogP contribution in [-0.2, 0) is 0 Å². The lowest BCUT2D eigenvalue weighted by molar-refractivity contribution is 0.0697. The summed E-state index contributed by atoms with van der Waals surface area (Å²) in [6.45, 7) is 5.63. The number of pyridine rings is 1. The van der Waals surface area contributed by atoms with Gasteiger partial charge in [0.1, 0.15) is 11.6 Å². The first-order chi connectivity index (χ1) is 14.1. The number of hydrogen-bond donors (Lipinski definition) is 1. The molecule has 5 nitrogen and oxygen atoms in total. The number of nitrogens with one attached hydrogen (secondary N) is 1. The molecule has 1 N–H and O–H groups in total. The molecule has 6 heteroatoms. The van der Waals surface area contributed by atoms with Gasteiger partial charge < -0.3 is 15.1 Å². The van der Waals surface area contributed by atoms with Crippen LogP contribution >= 0.6 is 0 Å². The Morgan fingerprint density at radius 2 is 1.76 bits per heavy atom. The monoisotopic (exact) mass is 396 g/mol. The molecule has 2 aliphatic heterocycles. The molecule has 0 radical (unpaired) electrons. The van der Waals surface area contributed by atoms with E-state index in [1.807, 2.05) is 23.1 Å². The van der Waals surface area contributed by atoms with Crippen LogP contribution in [0.25, 0.3) is 0 Å². The number of amides is 1. The molecule has 0 spiro atoms. The molecule has 0 unspecified atom stereocenters. The normalized spacial score (nSPS) is 18.7. The molecule has 4 rings (SSSR count). The number of piperidine rings is 2. The Morgan fingerprint density at radius 1 is 1.03 bits per heavy atom. The van der Waals surface area contributed by atoms with Gasteiger partial charge in [-0.1, -0.05) is 19.1 Å². The number of hydrogen-bond acceptors (Lipinski definition) is 4. The Labute approximate surface area is 171 Å². The van der Waals surface area contributed by atoms with Gasteiger partial charge in [-0.25, -0.2) is 9.37 Å². The van der Waals surface area contributed by atoms with Crippen molar-refractivity contribution in [3.8, 4) is 0 Å². The second-order valence-corrected chi connectivity index (χ2v) is 8.27. The lowest BCUT2D eigenvalue weighted by atomic mass is 9.99. The number of para-hydroxylation sites is 1. The minimum Gasteiger partial charge on any atom is -0.380 e. The highest BCUT2D eigenvalue weighted by Crippen LogP contribution is 2.23. The second kappa shape index (κ2) is 8.80. The van der Waals surface area contributed by atoms with Gasteiger partial charge in [-0.3, -0.25) is 4.79 Å². The van der Waals surface area contributed by atoms with E-state index >= 15 is 0 Å². The zero-order chi connectivity index (χ0) is 20.2. The fraction of sp³-hybridized carbons (Fsp3) is 0.478. The highest BCUT2D eigenvalue weighted by Gasteiger charge is 2.23. The van der Waals surface area contributed by atoms with Crippen molar-refractivity contribution in [2.24, 2.45) is 5.92 Å². The minimum absolute atomic E-state index is 0.0868. The molecular weight excluding hydrogens is 367 g/mol. The summed E-state index contributed by atoms with van der Waals surface area (Å²) < 4.78 is 13.8. The summed E-state index contributed by atoms with van der Waals surface area (Å²) in [5.41, 5.74) is 1.23. The van der Waals surface area contributed by atoms with Gasteiger partial charge in [0, 0.05) is 38.4 Å². The Bertz CT molecular complexity index is 825. The van der Waals surface area contributed by atoms with Gasteiger partial charge in [-0.05, 0) is 55.9 Å². The molecule has 154 valence electrons. The molecule has 0 saturated carbocycles. The van der Waals surface area contributed by atoms with Crippen molar-refractivity contribution in [1.29, 1.82) is 0 Å². The first-order valence-electron chi connectivity index (χ1n) is 10.6. The van der Waals surface area contributed by atoms with Gasteiger partial charge >= 0.3 is 0 Å². The van der Waals surface area contributed by atoms with Crippen molar-refractivity contribution in [2.75, 3.05) is 36.4 Å². The van der Waals surface area contributed by atoms with Crippen LogP contribution in [-0.4, -0.2) is 48.0 Å². The largest absolute Gasteiger partial charge is 0.380 e. The van der Waals surface area contributed by atoms with Gasteiger partial charge in [0.15, 0.2) is 0 Å². The maximum atomic E-state index is 13.8. The first-order valence-corrected chi connectivity index (χ1v) is 10.6. The average molecular weight is 397 g/mol. The zero-order valence-electron chi connectivity index (χ0n) is 17.0. The van der Waals surface area contributed by atoms with Crippen LogP contribution in [0.3, 0.4) is 0 Å². The van der Waals surface area contributed by atoms with E-state index in [2.05, 4.69) is 22.1 Å². The number of halogens is 1. The molecule has 0 atom stereocenters. The summed E-state index contributed by atoms with van der Waals surface area (Å²) in [6, 6.07) is 10.9. The minimum atomic E-state index is -0.208. The fourth-order valence-corrected chi connectivity index (χ4v) is 4.14. The molecule has 29 heavy (non-hydrogen) atoms. The molecule has 0 bridgehead atoms. The quantitative estimate of drug-likeness (QED) is 0.843. The molecule has 1 aromatic heterocycles. The van der Waals surface area contributed by atoms with Crippen molar-refractivity contribution < 1.29 is 9.18 Å². The van der Waals surface area contributed by atoms with E-state index in [9.17, 15) is 9.18 Å². The third-order valence-corrected chi connectivity index (χ3v) is 6.12. The van der Waals surface area contributed by atoms with Crippen LogP contribution in [0.5, 0.6) is 0 Å². The summed E-state index contributed by atoms with van der Waals surface area (Å²) in [5.74, 6) is 1.48. The number of carbonyl (C=O) groups excluding carboxylic acids is 1. The van der Waals surface area contributed by atoms with E-state index < -0.39 is 0 Å². The third-order valence-electron chi connectivity index (χ3n) is 6.12. The van der Waals surface area contributed by atoms with Crippen molar-refractivity contribution in [2.45, 2.75) is 38.6 Å². The van der Waals surface area contributed by atoms with Crippen LogP contribution in [0, 0.1) is 11.7 Å². The molecule has 0 aliphatic carbocycles. The summed E-state index contributed by atoms with van der Waals surface area (Å²) in [6.07, 6.45) is 5.70. The molecule has 2 aromatic rings. The van der Waals surface area contributed by atoms with Crippen molar-refractivity contribution in [1.82, 2.24) is 9.88 Å². The molecular formula is C23H29FN4O. The van der Waals surface area contributed by atoms with E-state index in [4.69, 9.17) is 0 Å². The number of rotatable bonds is 4. The number of likely N-dealkylation sites (tertiary alicyclic amines) is 1. The highest BCUT2D eigenvalue weighted by atomic mass is 19.1. The van der Waals surface area contributed by atoms with Gasteiger partial charge in [0.2, 0.25) is 0 Å². The Kier molecular flexibility index (Phi) is 5.97. The number of anilines is 2. The predicted octanol–water partition coefficient (Wildman–Crippen LogP) is 4.17. The highest BCUT2D eigenvalue weighted by molar-refractivity contribution is 5.94. The standard InChI is InChI=1S/C23H29FN4O/c1-17-8-12-28(13-9-17)23(29)18-6-7-22(25-16-18)27-14-10-19(11-15-27)26-21-5-3-2-4-20(21)24/h2-7,16-17,19,26H,8-15H2,1H3. The van der Waals surface area contributed by atoms with Gasteiger partial charge in [0.25, 0.3) is 5.91 Å². The van der Waals surface area contributed by atoms with Crippen molar-refractivity contribution in [3.05, 3.63) is 54.0 Å². The summed E-state index contributed by atoms with van der Waals surface area (Å²) in [5, 5.41) is 3.31. The molecule has 2 aliphatic rings. The summed E-state index contributed by atoms with van der Waals surface area (Å²) in [7, 11) is 0. The number of aromatic nitrogens is 1. The maximum Gasteiger partial charge on any atom is 0.255 e. The van der Waals surface area contributed by atoms with Crippen molar-refractivity contribution >= 4 is 17.4 Å². The number of carbonyl (C=O) groups is 1. The Hall–Kier alpha value is -2.63. The van der Waals surface area contributed by atoms with Crippen LogP contribution in [0.15, 0.2) is 42.6 Å². The summed E-state index contributed by atoms with van der Waals surface area (Å²) in [4.78, 5) is 21.4. The SMILES string of the molecule is CC1CCN(C(=O)c2ccc(N3CCC(Nc4ccccc4F)CC3)nc2)CC1. The van der Waals surface area contributed by atoms with E-state index in [1.165, 1.54) is 6.07 Å². The Balaban J connectivity index is 1.31. The van der Waals surface area contributed by atoms with E-state index in [0.29, 0.717) is 17.2 Å². The topological polar surface area (TPSA) is 48.5 Å². The maximum absolute atomic E-state index is 13.8. The van der Waals surface area contributed by atoms with Gasteiger partial charge in [-0.15, -0.1) is 0 Å². The zero-order valence-corrected chi connectivity index (χ0v) is 17.0. The average Bonchev–Trinajstić information content (AvgIpc) is 2.76. The molecule has 2 saturated heterocycles. The second-order valence-electron chi connectivity index (χ2n) is 8.27. The first kappa shape index (κ1) is 19.7. The smallest absolute Gasteiger partial charge is 0.255 e. The van der Waals surface area contributed by atoms with Crippen LogP contribution in [0.4, 0.5) is 15.9 Å². The van der Waals surface area contributed by atoms with Crippen LogP contribution < -0.4 is 10.2 Å². The molecule has 3 heterocycles. The van der Waals surface area contributed by atoms with E-state index in [1.54, 1.807) is 18.3 Å². The lowest BCUT2D eigenvalue weighted by Crippen LogP contribution is -2.40.